The summed E-state index contributed by atoms with van der Waals surface area (Å²) in [7, 11) is 0. The molecule has 0 unspecified atom stereocenters. The van der Waals surface area contributed by atoms with Crippen LogP contribution in [0.2, 0.25) is 5.02 Å². The smallest absolute Gasteiger partial charge is 0.213 e. The fourth-order valence-electron chi connectivity index (χ4n) is 3.60. The summed E-state index contributed by atoms with van der Waals surface area (Å²) in [6.45, 7) is 0. The molecule has 5 rings (SSSR count). The average Bonchev–Trinajstić information content (AvgIpc) is 3.14. The van der Waals surface area contributed by atoms with E-state index in [2.05, 4.69) is 11.1 Å². The number of hydrogen-bond donors (Lipinski definition) is 0. The highest BCUT2D eigenvalue weighted by molar-refractivity contribution is 6.30. The van der Waals surface area contributed by atoms with Gasteiger partial charge in [0.25, 0.3) is 0 Å². The standard InChI is InChI=1S/C21H16ClN3O/c22-15-7-5-6-14(12-15)21-25-19(16-8-1-2-10-20(16)26-21)13-18(24-25)17-9-3-4-11-23-17/h1-12,19,21H,13H2/t19-,21+/m1/s1. The zero-order valence-electron chi connectivity index (χ0n) is 13.9. The van der Waals surface area contributed by atoms with Gasteiger partial charge < -0.3 is 4.74 Å². The molecule has 128 valence electrons. The molecule has 0 saturated heterocycles. The van der Waals surface area contributed by atoms with Crippen LogP contribution in [0.25, 0.3) is 0 Å². The molecule has 0 bridgehead atoms. The molecule has 2 aromatic carbocycles. The molecule has 0 fully saturated rings. The number of fused-ring (bicyclic) bond motifs is 3. The number of pyridine rings is 1. The molecule has 0 spiro atoms. The van der Waals surface area contributed by atoms with Crippen LogP contribution in [-0.4, -0.2) is 15.7 Å². The maximum atomic E-state index is 6.31. The molecule has 26 heavy (non-hydrogen) atoms. The summed E-state index contributed by atoms with van der Waals surface area (Å²) in [5.74, 6) is 0.899. The van der Waals surface area contributed by atoms with Gasteiger partial charge in [0.15, 0.2) is 0 Å². The minimum absolute atomic E-state index is 0.126. The minimum atomic E-state index is -0.310. The first-order chi connectivity index (χ1) is 12.8. The van der Waals surface area contributed by atoms with Gasteiger partial charge in [-0.05, 0) is 30.3 Å². The molecule has 1 aromatic heterocycles. The third-order valence-electron chi connectivity index (χ3n) is 4.79. The zero-order chi connectivity index (χ0) is 17.5. The van der Waals surface area contributed by atoms with Gasteiger partial charge in [-0.1, -0.05) is 48.0 Å². The molecule has 0 aliphatic carbocycles. The maximum Gasteiger partial charge on any atom is 0.213 e. The van der Waals surface area contributed by atoms with Crippen molar-refractivity contribution in [3.63, 3.8) is 0 Å². The van der Waals surface area contributed by atoms with Crippen LogP contribution in [0.5, 0.6) is 5.75 Å². The second kappa shape index (κ2) is 6.15. The lowest BCUT2D eigenvalue weighted by molar-refractivity contribution is -0.0190. The third-order valence-corrected chi connectivity index (χ3v) is 5.03. The van der Waals surface area contributed by atoms with E-state index in [0.717, 1.165) is 34.7 Å². The Morgan fingerprint density at radius 1 is 1.00 bits per heavy atom. The Morgan fingerprint density at radius 2 is 1.88 bits per heavy atom. The molecule has 0 amide bonds. The Labute approximate surface area is 156 Å². The number of aromatic nitrogens is 1. The Kier molecular flexibility index (Phi) is 3.64. The number of nitrogens with zero attached hydrogens (tertiary/aromatic N) is 3. The second-order valence-corrected chi connectivity index (χ2v) is 6.86. The highest BCUT2D eigenvalue weighted by Gasteiger charge is 2.41. The molecule has 0 radical (unpaired) electrons. The normalized spacial score (nSPS) is 20.8. The van der Waals surface area contributed by atoms with Crippen molar-refractivity contribution in [2.45, 2.75) is 18.7 Å². The molecule has 2 aliphatic rings. The summed E-state index contributed by atoms with van der Waals surface area (Å²) in [4.78, 5) is 4.47. The molecule has 5 heteroatoms. The van der Waals surface area contributed by atoms with Gasteiger partial charge in [0.1, 0.15) is 5.75 Å². The predicted molar refractivity (Wildman–Crippen MR) is 101 cm³/mol. The monoisotopic (exact) mass is 361 g/mol. The van der Waals surface area contributed by atoms with E-state index in [0.29, 0.717) is 5.02 Å². The summed E-state index contributed by atoms with van der Waals surface area (Å²) in [6.07, 6.45) is 2.29. The van der Waals surface area contributed by atoms with Crippen LogP contribution in [0, 0.1) is 0 Å². The first kappa shape index (κ1) is 15.4. The summed E-state index contributed by atoms with van der Waals surface area (Å²) < 4.78 is 6.31. The first-order valence-electron chi connectivity index (χ1n) is 8.58. The molecule has 2 aliphatic heterocycles. The molecule has 0 saturated carbocycles. The van der Waals surface area contributed by atoms with Crippen molar-refractivity contribution in [3.8, 4) is 5.75 Å². The van der Waals surface area contributed by atoms with Crippen LogP contribution in [0.15, 0.2) is 78.0 Å². The van der Waals surface area contributed by atoms with E-state index in [1.165, 1.54) is 0 Å². The van der Waals surface area contributed by atoms with Crippen molar-refractivity contribution in [2.75, 3.05) is 0 Å². The fourth-order valence-corrected chi connectivity index (χ4v) is 3.80. The van der Waals surface area contributed by atoms with Crippen LogP contribution in [0.1, 0.15) is 35.5 Å². The van der Waals surface area contributed by atoms with Gasteiger partial charge in [-0.25, -0.2) is 5.01 Å². The molecule has 0 N–H and O–H groups in total. The van der Waals surface area contributed by atoms with Crippen LogP contribution < -0.4 is 4.74 Å². The van der Waals surface area contributed by atoms with E-state index in [4.69, 9.17) is 21.4 Å². The number of hydrogen-bond acceptors (Lipinski definition) is 4. The lowest BCUT2D eigenvalue weighted by atomic mass is 9.97. The predicted octanol–water partition coefficient (Wildman–Crippen LogP) is 4.98. The van der Waals surface area contributed by atoms with Crippen LogP contribution in [0.3, 0.4) is 0 Å². The zero-order valence-corrected chi connectivity index (χ0v) is 14.7. The Balaban J connectivity index is 1.61. The molecular weight excluding hydrogens is 346 g/mol. The largest absolute Gasteiger partial charge is 0.464 e. The maximum absolute atomic E-state index is 6.31. The third kappa shape index (κ3) is 2.54. The van der Waals surface area contributed by atoms with Gasteiger partial charge >= 0.3 is 0 Å². The van der Waals surface area contributed by atoms with Gasteiger partial charge in [-0.15, -0.1) is 0 Å². The number of benzene rings is 2. The summed E-state index contributed by atoms with van der Waals surface area (Å²) >= 11 is 6.21. The van der Waals surface area contributed by atoms with Crippen molar-refractivity contribution in [1.82, 2.24) is 9.99 Å². The number of para-hydroxylation sites is 1. The SMILES string of the molecule is Clc1cccc([C@@H]2Oc3ccccc3[C@H]3CC(c4ccccn4)=NN32)c1. The molecule has 4 nitrogen and oxygen atoms in total. The summed E-state index contributed by atoms with van der Waals surface area (Å²) in [5.41, 5.74) is 4.02. The van der Waals surface area contributed by atoms with Gasteiger partial charge in [-0.2, -0.15) is 5.10 Å². The van der Waals surface area contributed by atoms with E-state index in [1.54, 1.807) is 6.20 Å². The average molecular weight is 362 g/mol. The Hall–Kier alpha value is -2.85. The van der Waals surface area contributed by atoms with Gasteiger partial charge in [0.05, 0.1) is 17.4 Å². The van der Waals surface area contributed by atoms with Crippen molar-refractivity contribution >= 4 is 17.3 Å². The topological polar surface area (TPSA) is 37.7 Å². The van der Waals surface area contributed by atoms with Crippen molar-refractivity contribution in [1.29, 1.82) is 0 Å². The van der Waals surface area contributed by atoms with Crippen molar-refractivity contribution in [2.24, 2.45) is 5.10 Å². The molecular formula is C21H16ClN3O. The lowest BCUT2D eigenvalue weighted by Gasteiger charge is -2.38. The van der Waals surface area contributed by atoms with Crippen LogP contribution in [-0.2, 0) is 0 Å². The quantitative estimate of drug-likeness (QED) is 0.646. The van der Waals surface area contributed by atoms with E-state index in [9.17, 15) is 0 Å². The molecule has 3 aromatic rings. The van der Waals surface area contributed by atoms with Gasteiger partial charge in [0, 0.05) is 28.8 Å². The van der Waals surface area contributed by atoms with E-state index in [1.807, 2.05) is 65.7 Å². The van der Waals surface area contributed by atoms with E-state index >= 15 is 0 Å². The van der Waals surface area contributed by atoms with E-state index in [-0.39, 0.29) is 12.3 Å². The Morgan fingerprint density at radius 3 is 2.73 bits per heavy atom. The van der Waals surface area contributed by atoms with E-state index < -0.39 is 0 Å². The van der Waals surface area contributed by atoms with Crippen LogP contribution >= 0.6 is 11.6 Å². The minimum Gasteiger partial charge on any atom is -0.464 e. The Bertz CT molecular complexity index is 989. The van der Waals surface area contributed by atoms with Gasteiger partial charge in [-0.3, -0.25) is 4.98 Å². The molecule has 2 atom stereocenters. The highest BCUT2D eigenvalue weighted by Crippen LogP contribution is 2.47. The van der Waals surface area contributed by atoms with Crippen molar-refractivity contribution in [3.05, 3.63) is 94.8 Å². The number of halogens is 1. The number of hydrazone groups is 1. The summed E-state index contributed by atoms with van der Waals surface area (Å²) in [6, 6.07) is 22.0. The van der Waals surface area contributed by atoms with Crippen molar-refractivity contribution < 1.29 is 4.74 Å². The number of ether oxygens (including phenoxy) is 1. The fraction of sp³-hybridized carbons (Fsp3) is 0.143. The second-order valence-electron chi connectivity index (χ2n) is 6.42. The highest BCUT2D eigenvalue weighted by atomic mass is 35.5. The lowest BCUT2D eigenvalue weighted by Crippen LogP contribution is -2.33. The van der Waals surface area contributed by atoms with Crippen LogP contribution in [0.4, 0.5) is 0 Å². The molecule has 3 heterocycles. The first-order valence-corrected chi connectivity index (χ1v) is 8.96. The summed E-state index contributed by atoms with van der Waals surface area (Å²) in [5, 5.41) is 7.62. The number of rotatable bonds is 2. The van der Waals surface area contributed by atoms with Gasteiger partial charge in [0.2, 0.25) is 6.23 Å².